The standard InChI is InChI=1S/C7H9NO2S/c1-8-4-5-2-3-11-6(5)7(9)10/h2-3,8H,4H2,1H3,(H,9,10). The number of rotatable bonds is 3. The number of carbonyl (C=O) groups is 1. The second-order valence-electron chi connectivity index (χ2n) is 2.11. The molecule has 11 heavy (non-hydrogen) atoms. The summed E-state index contributed by atoms with van der Waals surface area (Å²) in [6.45, 7) is 0.616. The molecular weight excluding hydrogens is 162 g/mol. The maximum absolute atomic E-state index is 10.5. The Morgan fingerprint density at radius 3 is 3.09 bits per heavy atom. The van der Waals surface area contributed by atoms with E-state index in [1.807, 2.05) is 6.07 Å². The zero-order valence-electron chi connectivity index (χ0n) is 6.13. The monoisotopic (exact) mass is 171 g/mol. The van der Waals surface area contributed by atoms with Gasteiger partial charge >= 0.3 is 5.97 Å². The summed E-state index contributed by atoms with van der Waals surface area (Å²) < 4.78 is 0. The van der Waals surface area contributed by atoms with Crippen molar-refractivity contribution in [3.63, 3.8) is 0 Å². The predicted octanol–water partition coefficient (Wildman–Crippen LogP) is 1.17. The van der Waals surface area contributed by atoms with Crippen LogP contribution in [0.25, 0.3) is 0 Å². The summed E-state index contributed by atoms with van der Waals surface area (Å²) in [6, 6.07) is 1.82. The normalized spacial score (nSPS) is 9.91. The number of hydrogen-bond acceptors (Lipinski definition) is 3. The summed E-state index contributed by atoms with van der Waals surface area (Å²) in [7, 11) is 1.79. The minimum absolute atomic E-state index is 0.430. The van der Waals surface area contributed by atoms with E-state index in [2.05, 4.69) is 5.32 Å². The second-order valence-corrected chi connectivity index (χ2v) is 3.03. The lowest BCUT2D eigenvalue weighted by Gasteiger charge is -1.96. The lowest BCUT2D eigenvalue weighted by atomic mass is 10.2. The smallest absolute Gasteiger partial charge is 0.346 e. The van der Waals surface area contributed by atoms with E-state index in [0.29, 0.717) is 11.4 Å². The van der Waals surface area contributed by atoms with Crippen LogP contribution in [0.1, 0.15) is 15.2 Å². The van der Waals surface area contributed by atoms with Gasteiger partial charge in [-0.15, -0.1) is 11.3 Å². The van der Waals surface area contributed by atoms with E-state index >= 15 is 0 Å². The van der Waals surface area contributed by atoms with Crippen LogP contribution in [0, 0.1) is 0 Å². The summed E-state index contributed by atoms with van der Waals surface area (Å²) in [5, 5.41) is 13.4. The van der Waals surface area contributed by atoms with E-state index in [1.54, 1.807) is 12.4 Å². The van der Waals surface area contributed by atoms with Gasteiger partial charge in [0.25, 0.3) is 0 Å². The molecule has 0 unspecified atom stereocenters. The lowest BCUT2D eigenvalue weighted by molar-refractivity contribution is 0.0701. The molecule has 1 aromatic rings. The van der Waals surface area contributed by atoms with Crippen LogP contribution in [0.3, 0.4) is 0 Å². The Bertz CT molecular complexity index is 257. The molecule has 0 aliphatic rings. The molecule has 0 saturated heterocycles. The fourth-order valence-corrected chi connectivity index (χ4v) is 1.61. The Morgan fingerprint density at radius 2 is 2.55 bits per heavy atom. The average molecular weight is 171 g/mol. The van der Waals surface area contributed by atoms with Crippen molar-refractivity contribution >= 4 is 17.3 Å². The molecule has 1 aromatic heterocycles. The maximum atomic E-state index is 10.5. The molecule has 1 heterocycles. The first-order chi connectivity index (χ1) is 5.25. The fourth-order valence-electron chi connectivity index (χ4n) is 0.853. The maximum Gasteiger partial charge on any atom is 0.346 e. The van der Waals surface area contributed by atoms with Crippen molar-refractivity contribution in [3.8, 4) is 0 Å². The highest BCUT2D eigenvalue weighted by atomic mass is 32.1. The largest absolute Gasteiger partial charge is 0.477 e. The Balaban J connectivity index is 2.87. The van der Waals surface area contributed by atoms with Gasteiger partial charge in [0, 0.05) is 6.54 Å². The van der Waals surface area contributed by atoms with Gasteiger partial charge in [0.05, 0.1) is 0 Å². The number of carboxylic acid groups (broad SMARTS) is 1. The Hall–Kier alpha value is -0.870. The van der Waals surface area contributed by atoms with E-state index in [-0.39, 0.29) is 0 Å². The third-order valence-corrected chi connectivity index (χ3v) is 2.25. The molecule has 0 fully saturated rings. The van der Waals surface area contributed by atoms with Crippen LogP contribution in [0.4, 0.5) is 0 Å². The van der Waals surface area contributed by atoms with Crippen LogP contribution in [-0.2, 0) is 6.54 Å². The van der Waals surface area contributed by atoms with Crippen molar-refractivity contribution in [1.29, 1.82) is 0 Å². The molecule has 4 heteroatoms. The van der Waals surface area contributed by atoms with Gasteiger partial charge in [-0.3, -0.25) is 0 Å². The fraction of sp³-hybridized carbons (Fsp3) is 0.286. The molecule has 0 atom stereocenters. The van der Waals surface area contributed by atoms with E-state index in [1.165, 1.54) is 11.3 Å². The van der Waals surface area contributed by atoms with E-state index in [4.69, 9.17) is 5.11 Å². The zero-order chi connectivity index (χ0) is 8.27. The second kappa shape index (κ2) is 3.50. The number of thiophene rings is 1. The van der Waals surface area contributed by atoms with Gasteiger partial charge in [0.2, 0.25) is 0 Å². The van der Waals surface area contributed by atoms with Crippen molar-refractivity contribution in [3.05, 3.63) is 21.9 Å². The third-order valence-electron chi connectivity index (χ3n) is 1.31. The molecule has 0 aromatic carbocycles. The number of aromatic carboxylic acids is 1. The molecule has 0 spiro atoms. The summed E-state index contributed by atoms with van der Waals surface area (Å²) >= 11 is 1.26. The molecule has 60 valence electrons. The van der Waals surface area contributed by atoms with Crippen molar-refractivity contribution in [2.24, 2.45) is 0 Å². The van der Waals surface area contributed by atoms with Gasteiger partial charge in [-0.05, 0) is 24.1 Å². The molecule has 0 aliphatic carbocycles. The van der Waals surface area contributed by atoms with Crippen LogP contribution < -0.4 is 5.32 Å². The Morgan fingerprint density at radius 1 is 1.82 bits per heavy atom. The van der Waals surface area contributed by atoms with Gasteiger partial charge < -0.3 is 10.4 Å². The average Bonchev–Trinajstić information content (AvgIpc) is 2.36. The van der Waals surface area contributed by atoms with E-state index in [0.717, 1.165) is 5.56 Å². The topological polar surface area (TPSA) is 49.3 Å². The van der Waals surface area contributed by atoms with Crippen molar-refractivity contribution < 1.29 is 9.90 Å². The summed E-state index contributed by atoms with van der Waals surface area (Å²) in [5.41, 5.74) is 0.852. The van der Waals surface area contributed by atoms with Crippen LogP contribution in [-0.4, -0.2) is 18.1 Å². The Labute approximate surface area is 68.7 Å². The number of nitrogens with one attached hydrogen (secondary N) is 1. The molecule has 0 amide bonds. The molecule has 2 N–H and O–H groups in total. The predicted molar refractivity (Wildman–Crippen MR) is 44.0 cm³/mol. The van der Waals surface area contributed by atoms with Gasteiger partial charge in [0.15, 0.2) is 0 Å². The van der Waals surface area contributed by atoms with Gasteiger partial charge in [-0.2, -0.15) is 0 Å². The van der Waals surface area contributed by atoms with Gasteiger partial charge in [-0.1, -0.05) is 0 Å². The van der Waals surface area contributed by atoms with E-state index in [9.17, 15) is 4.79 Å². The number of carboxylic acids is 1. The number of hydrogen-bond donors (Lipinski definition) is 2. The molecule has 0 saturated carbocycles. The summed E-state index contributed by atoms with van der Waals surface area (Å²) in [5.74, 6) is -0.842. The molecule has 3 nitrogen and oxygen atoms in total. The van der Waals surface area contributed by atoms with E-state index < -0.39 is 5.97 Å². The summed E-state index contributed by atoms with van der Waals surface area (Å²) in [6.07, 6.45) is 0. The molecule has 1 rings (SSSR count). The third kappa shape index (κ3) is 1.78. The van der Waals surface area contributed by atoms with Crippen molar-refractivity contribution in [2.45, 2.75) is 6.54 Å². The van der Waals surface area contributed by atoms with Crippen LogP contribution >= 0.6 is 11.3 Å². The highest BCUT2D eigenvalue weighted by molar-refractivity contribution is 7.12. The molecule has 0 radical (unpaired) electrons. The van der Waals surface area contributed by atoms with Crippen molar-refractivity contribution in [1.82, 2.24) is 5.32 Å². The lowest BCUT2D eigenvalue weighted by Crippen LogP contribution is -2.07. The SMILES string of the molecule is CNCc1ccsc1C(=O)O. The first-order valence-corrected chi connectivity index (χ1v) is 4.08. The highest BCUT2D eigenvalue weighted by Crippen LogP contribution is 2.15. The first-order valence-electron chi connectivity index (χ1n) is 3.20. The molecule has 0 aliphatic heterocycles. The van der Waals surface area contributed by atoms with Crippen LogP contribution in [0.2, 0.25) is 0 Å². The first kappa shape index (κ1) is 8.23. The van der Waals surface area contributed by atoms with Gasteiger partial charge in [0.1, 0.15) is 4.88 Å². The Kier molecular flexibility index (Phi) is 2.62. The minimum Gasteiger partial charge on any atom is -0.477 e. The molecule has 0 bridgehead atoms. The molecular formula is C7H9NO2S. The van der Waals surface area contributed by atoms with Crippen LogP contribution in [0.15, 0.2) is 11.4 Å². The minimum atomic E-state index is -0.842. The van der Waals surface area contributed by atoms with Crippen molar-refractivity contribution in [2.75, 3.05) is 7.05 Å². The quantitative estimate of drug-likeness (QED) is 0.717. The summed E-state index contributed by atoms with van der Waals surface area (Å²) in [4.78, 5) is 11.0. The zero-order valence-corrected chi connectivity index (χ0v) is 6.94. The van der Waals surface area contributed by atoms with Crippen LogP contribution in [0.5, 0.6) is 0 Å². The van der Waals surface area contributed by atoms with Gasteiger partial charge in [-0.25, -0.2) is 4.79 Å². The highest BCUT2D eigenvalue weighted by Gasteiger charge is 2.09.